The molecule has 0 amide bonds. The fraction of sp³-hybridized carbons (Fsp3) is 1.00. The predicted octanol–water partition coefficient (Wildman–Crippen LogP) is 2.03. The average molecular weight is 165 g/mol. The van der Waals surface area contributed by atoms with Crippen molar-refractivity contribution < 1.29 is 13.5 Å². The summed E-state index contributed by atoms with van der Waals surface area (Å²) < 4.78 is 27.1. The van der Waals surface area contributed by atoms with Gasteiger partial charge < -0.3 is 4.74 Å². The van der Waals surface area contributed by atoms with Gasteiger partial charge >= 0.3 is 6.11 Å². The molecule has 0 unspecified atom stereocenters. The summed E-state index contributed by atoms with van der Waals surface area (Å²) in [6, 6.07) is -0.542. The molecule has 0 radical (unpaired) electrons. The van der Waals surface area contributed by atoms with Gasteiger partial charge in [0.2, 0.25) is 0 Å². The van der Waals surface area contributed by atoms with Gasteiger partial charge in [-0.1, -0.05) is 11.6 Å². The van der Waals surface area contributed by atoms with Crippen molar-refractivity contribution in [2.24, 2.45) is 0 Å². The van der Waals surface area contributed by atoms with E-state index >= 15 is 0 Å². The average Bonchev–Trinajstić information content (AvgIpc) is 1.67. The summed E-state index contributed by atoms with van der Waals surface area (Å²) >= 11 is 9.54. The van der Waals surface area contributed by atoms with Crippen LogP contribution < -0.4 is 0 Å². The fourth-order valence-electron chi connectivity index (χ4n) is 0.118. The minimum atomic E-state index is -3.27. The summed E-state index contributed by atoms with van der Waals surface area (Å²) in [7, 11) is 0. The maximum absolute atomic E-state index is 11.7. The quantitative estimate of drug-likeness (QED) is 0.581. The number of ether oxygens (including phenoxy) is 1. The SMILES string of the molecule is FC(F)(CCl)OCCl. The van der Waals surface area contributed by atoms with E-state index in [2.05, 4.69) is 4.74 Å². The Morgan fingerprint density at radius 3 is 2.00 bits per heavy atom. The molecule has 0 aliphatic carbocycles. The maximum Gasteiger partial charge on any atom is 0.370 e. The zero-order chi connectivity index (χ0) is 6.62. The molecule has 1 nitrogen and oxygen atoms in total. The summed E-state index contributed by atoms with van der Waals surface area (Å²) in [5.74, 6) is -0.861. The third-order valence-corrected chi connectivity index (χ3v) is 0.842. The van der Waals surface area contributed by atoms with Crippen molar-refractivity contribution in [2.45, 2.75) is 6.11 Å². The lowest BCUT2D eigenvalue weighted by molar-refractivity contribution is -0.209. The molecule has 0 aromatic heterocycles. The minimum Gasteiger partial charge on any atom is -0.303 e. The Hall–Kier alpha value is 0.400. The highest BCUT2D eigenvalue weighted by Gasteiger charge is 2.27. The highest BCUT2D eigenvalue weighted by molar-refractivity contribution is 6.18. The van der Waals surface area contributed by atoms with Gasteiger partial charge in [0.1, 0.15) is 11.9 Å². The van der Waals surface area contributed by atoms with Gasteiger partial charge in [-0.25, -0.2) is 0 Å². The summed E-state index contributed by atoms with van der Waals surface area (Å²) in [6.45, 7) is 0. The van der Waals surface area contributed by atoms with Crippen LogP contribution in [-0.2, 0) is 4.74 Å². The van der Waals surface area contributed by atoms with Crippen LogP contribution in [0.2, 0.25) is 0 Å². The normalized spacial score (nSPS) is 12.0. The number of alkyl halides is 4. The second-order valence-corrected chi connectivity index (χ2v) is 1.51. The lowest BCUT2D eigenvalue weighted by Crippen LogP contribution is -2.21. The largest absolute Gasteiger partial charge is 0.370 e. The van der Waals surface area contributed by atoms with Crippen molar-refractivity contribution >= 4 is 23.2 Å². The van der Waals surface area contributed by atoms with Gasteiger partial charge in [0.25, 0.3) is 0 Å². The van der Waals surface area contributed by atoms with Gasteiger partial charge in [0, 0.05) is 0 Å². The zero-order valence-corrected chi connectivity index (χ0v) is 5.35. The molecular formula is C3H4Cl2F2O. The first-order chi connectivity index (χ1) is 3.62. The lowest BCUT2D eigenvalue weighted by Gasteiger charge is -2.09. The molecule has 50 valence electrons. The van der Waals surface area contributed by atoms with Crippen molar-refractivity contribution in [3.05, 3.63) is 0 Å². The molecule has 0 N–H and O–H groups in total. The number of halogens is 4. The van der Waals surface area contributed by atoms with Crippen LogP contribution in [0.5, 0.6) is 0 Å². The van der Waals surface area contributed by atoms with Crippen molar-refractivity contribution in [1.29, 1.82) is 0 Å². The van der Waals surface area contributed by atoms with Crippen LogP contribution in [0.25, 0.3) is 0 Å². The van der Waals surface area contributed by atoms with Gasteiger partial charge in [0.15, 0.2) is 0 Å². The zero-order valence-electron chi connectivity index (χ0n) is 3.83. The molecule has 0 fully saturated rings. The predicted molar refractivity (Wildman–Crippen MR) is 27.5 cm³/mol. The Balaban J connectivity index is 3.37. The molecule has 8 heavy (non-hydrogen) atoms. The molecule has 0 aliphatic rings. The highest BCUT2D eigenvalue weighted by Crippen LogP contribution is 2.16. The Labute approximate surface area is 55.5 Å². The second kappa shape index (κ2) is 3.43. The molecule has 0 atom stereocenters. The molecule has 0 saturated carbocycles. The van der Waals surface area contributed by atoms with E-state index in [1.165, 1.54) is 0 Å². The highest BCUT2D eigenvalue weighted by atomic mass is 35.5. The second-order valence-electron chi connectivity index (χ2n) is 1.02. The molecule has 0 bridgehead atoms. The van der Waals surface area contributed by atoms with Crippen molar-refractivity contribution in [2.75, 3.05) is 11.9 Å². The minimum absolute atomic E-state index is 0.542. The standard InChI is InChI=1S/C3H4Cl2F2O/c4-1-3(6,7)8-2-5/h1-2H2. The first-order valence-corrected chi connectivity index (χ1v) is 2.83. The first-order valence-electron chi connectivity index (χ1n) is 1.76. The summed E-state index contributed by atoms with van der Waals surface area (Å²) in [4.78, 5) is 0. The van der Waals surface area contributed by atoms with Gasteiger partial charge in [0.05, 0.1) is 0 Å². The summed E-state index contributed by atoms with van der Waals surface area (Å²) in [6.07, 6.45) is -3.27. The van der Waals surface area contributed by atoms with E-state index in [1.54, 1.807) is 0 Å². The molecule has 0 aromatic carbocycles. The van der Waals surface area contributed by atoms with Crippen LogP contribution >= 0.6 is 23.2 Å². The molecule has 0 rings (SSSR count). The Morgan fingerprint density at radius 2 is 1.88 bits per heavy atom. The van der Waals surface area contributed by atoms with E-state index in [4.69, 9.17) is 23.2 Å². The van der Waals surface area contributed by atoms with Crippen LogP contribution in [0, 0.1) is 0 Å². The number of rotatable bonds is 3. The monoisotopic (exact) mass is 164 g/mol. The van der Waals surface area contributed by atoms with Gasteiger partial charge in [-0.15, -0.1) is 11.6 Å². The Bertz CT molecular complexity index is 68.3. The Morgan fingerprint density at radius 1 is 1.38 bits per heavy atom. The van der Waals surface area contributed by atoms with E-state index in [0.717, 1.165) is 0 Å². The molecule has 0 saturated heterocycles. The number of hydrogen-bond acceptors (Lipinski definition) is 1. The third kappa shape index (κ3) is 3.41. The van der Waals surface area contributed by atoms with E-state index in [0.29, 0.717) is 0 Å². The van der Waals surface area contributed by atoms with Crippen LogP contribution in [0.3, 0.4) is 0 Å². The summed E-state index contributed by atoms with van der Waals surface area (Å²) in [5, 5.41) is 0. The lowest BCUT2D eigenvalue weighted by atomic mass is 10.7. The fourth-order valence-corrected chi connectivity index (χ4v) is 0.355. The molecule has 0 spiro atoms. The van der Waals surface area contributed by atoms with Crippen molar-refractivity contribution in [3.8, 4) is 0 Å². The van der Waals surface area contributed by atoms with Crippen LogP contribution in [0.1, 0.15) is 0 Å². The smallest absolute Gasteiger partial charge is 0.303 e. The molecule has 5 heteroatoms. The van der Waals surface area contributed by atoms with E-state index in [9.17, 15) is 8.78 Å². The Kier molecular flexibility index (Phi) is 3.60. The van der Waals surface area contributed by atoms with Crippen molar-refractivity contribution in [3.63, 3.8) is 0 Å². The van der Waals surface area contributed by atoms with Crippen LogP contribution in [0.15, 0.2) is 0 Å². The number of hydrogen-bond donors (Lipinski definition) is 0. The molecule has 0 heterocycles. The van der Waals surface area contributed by atoms with Crippen molar-refractivity contribution in [1.82, 2.24) is 0 Å². The van der Waals surface area contributed by atoms with E-state index in [1.807, 2.05) is 0 Å². The van der Waals surface area contributed by atoms with Gasteiger partial charge in [-0.3, -0.25) is 0 Å². The third-order valence-electron chi connectivity index (χ3n) is 0.421. The first kappa shape index (κ1) is 8.40. The van der Waals surface area contributed by atoms with Crippen LogP contribution in [-0.4, -0.2) is 18.1 Å². The van der Waals surface area contributed by atoms with Gasteiger partial charge in [-0.2, -0.15) is 8.78 Å². The van der Waals surface area contributed by atoms with E-state index in [-0.39, 0.29) is 0 Å². The summed E-state index contributed by atoms with van der Waals surface area (Å²) in [5.41, 5.74) is 0. The molecule has 0 aliphatic heterocycles. The molecular weight excluding hydrogens is 161 g/mol. The van der Waals surface area contributed by atoms with Crippen LogP contribution in [0.4, 0.5) is 8.78 Å². The maximum atomic E-state index is 11.7. The topological polar surface area (TPSA) is 9.23 Å². The van der Waals surface area contributed by atoms with Gasteiger partial charge in [-0.05, 0) is 0 Å². The van der Waals surface area contributed by atoms with E-state index < -0.39 is 18.1 Å². The molecule has 0 aromatic rings.